The van der Waals surface area contributed by atoms with E-state index in [0.29, 0.717) is 24.4 Å². The number of benzene rings is 2. The highest BCUT2D eigenvalue weighted by atomic mass is 32.2. The summed E-state index contributed by atoms with van der Waals surface area (Å²) in [6, 6.07) is 11.4. The lowest BCUT2D eigenvalue weighted by Crippen LogP contribution is -2.37. The van der Waals surface area contributed by atoms with E-state index in [-0.39, 0.29) is 41.6 Å². The van der Waals surface area contributed by atoms with Gasteiger partial charge in [0.25, 0.3) is 5.91 Å². The second-order valence-corrected chi connectivity index (χ2v) is 12.5. The fourth-order valence-electron chi connectivity index (χ4n) is 4.80. The molecule has 1 fully saturated rings. The van der Waals surface area contributed by atoms with E-state index in [1.807, 2.05) is 32.9 Å². The summed E-state index contributed by atoms with van der Waals surface area (Å²) in [5.74, 6) is -0.596. The smallest absolute Gasteiger partial charge is 0.376 e. The van der Waals surface area contributed by atoms with Crippen LogP contribution < -0.4 is 0 Å². The summed E-state index contributed by atoms with van der Waals surface area (Å²) < 4.78 is 73.7. The fourth-order valence-corrected chi connectivity index (χ4v) is 6.40. The quantitative estimate of drug-likeness (QED) is 0.311. The lowest BCUT2D eigenvalue weighted by molar-refractivity contribution is -0.137. The molecule has 3 aromatic rings. The van der Waals surface area contributed by atoms with Gasteiger partial charge in [0, 0.05) is 25.3 Å². The molecule has 216 valence electrons. The summed E-state index contributed by atoms with van der Waals surface area (Å²) in [5.41, 5.74) is 1.33. The Morgan fingerprint density at radius 1 is 1.15 bits per heavy atom. The van der Waals surface area contributed by atoms with Crippen molar-refractivity contribution < 1.29 is 31.1 Å². The fraction of sp³-hybridized carbons (Fsp3) is 0.448. The van der Waals surface area contributed by atoms with E-state index in [2.05, 4.69) is 4.98 Å². The van der Waals surface area contributed by atoms with E-state index in [4.69, 9.17) is 4.74 Å². The molecular formula is C29H34F3N3O4S. The van der Waals surface area contributed by atoms with E-state index in [1.54, 1.807) is 16.7 Å². The Bertz CT molecular complexity index is 1430. The summed E-state index contributed by atoms with van der Waals surface area (Å²) in [5, 5.41) is -0.0708. The van der Waals surface area contributed by atoms with Crippen LogP contribution in [0.2, 0.25) is 0 Å². The first-order chi connectivity index (χ1) is 18.8. The SMILES string of the molecule is Cc1ccccc1CS(=O)(=O)c1ncc(CN(C[C@H]2CCCO2)C(=O)c2ccc(C(F)(F)F)cc2)n1CC(C)C. The Morgan fingerprint density at radius 3 is 2.45 bits per heavy atom. The van der Waals surface area contributed by atoms with E-state index in [9.17, 15) is 26.4 Å². The number of ether oxygens (including phenoxy) is 1. The van der Waals surface area contributed by atoms with Gasteiger partial charge < -0.3 is 14.2 Å². The first-order valence-corrected chi connectivity index (χ1v) is 14.9. The number of halogens is 3. The molecule has 0 unspecified atom stereocenters. The van der Waals surface area contributed by atoms with Crippen LogP contribution in [-0.4, -0.2) is 48.0 Å². The van der Waals surface area contributed by atoms with Crippen molar-refractivity contribution in [2.24, 2.45) is 5.92 Å². The normalized spacial score (nSPS) is 16.0. The molecule has 1 atom stereocenters. The van der Waals surface area contributed by atoms with Gasteiger partial charge in [-0.05, 0) is 61.1 Å². The number of amides is 1. The molecule has 11 heteroatoms. The van der Waals surface area contributed by atoms with Gasteiger partial charge in [-0.25, -0.2) is 13.4 Å². The molecule has 2 heterocycles. The van der Waals surface area contributed by atoms with E-state index >= 15 is 0 Å². The Hall–Kier alpha value is -3.18. The van der Waals surface area contributed by atoms with Crippen LogP contribution in [-0.2, 0) is 39.6 Å². The third kappa shape index (κ3) is 7.11. The first-order valence-electron chi connectivity index (χ1n) is 13.2. The number of aryl methyl sites for hydroxylation is 1. The molecule has 1 amide bonds. The molecule has 0 spiro atoms. The Balaban J connectivity index is 1.67. The van der Waals surface area contributed by atoms with Crippen LogP contribution >= 0.6 is 0 Å². The van der Waals surface area contributed by atoms with Crippen molar-refractivity contribution in [2.45, 2.75) is 69.9 Å². The van der Waals surface area contributed by atoms with E-state index in [0.717, 1.165) is 42.7 Å². The summed E-state index contributed by atoms with van der Waals surface area (Å²) in [6.45, 7) is 6.95. The van der Waals surface area contributed by atoms with Crippen LogP contribution in [0.25, 0.3) is 0 Å². The number of hydrogen-bond acceptors (Lipinski definition) is 5. The van der Waals surface area contributed by atoms with Gasteiger partial charge in [0.1, 0.15) is 0 Å². The lowest BCUT2D eigenvalue weighted by Gasteiger charge is -2.26. The van der Waals surface area contributed by atoms with Gasteiger partial charge in [-0.3, -0.25) is 4.79 Å². The van der Waals surface area contributed by atoms with Gasteiger partial charge in [0.15, 0.2) is 0 Å². The number of aromatic nitrogens is 2. The van der Waals surface area contributed by atoms with Crippen LogP contribution in [0.1, 0.15) is 59.4 Å². The number of rotatable bonds is 10. The molecular weight excluding hydrogens is 543 g/mol. The number of hydrogen-bond donors (Lipinski definition) is 0. The van der Waals surface area contributed by atoms with Crippen molar-refractivity contribution >= 4 is 15.7 Å². The molecule has 1 aliphatic rings. The van der Waals surface area contributed by atoms with Crippen molar-refractivity contribution in [2.75, 3.05) is 13.2 Å². The second-order valence-electron chi connectivity index (χ2n) is 10.6. The lowest BCUT2D eigenvalue weighted by atomic mass is 10.1. The number of imidazole rings is 1. The average molecular weight is 578 g/mol. The number of carbonyl (C=O) groups excluding carboxylic acids is 1. The molecule has 1 saturated heterocycles. The van der Waals surface area contributed by atoms with Crippen LogP contribution in [0, 0.1) is 12.8 Å². The summed E-state index contributed by atoms with van der Waals surface area (Å²) in [4.78, 5) is 19.4. The van der Waals surface area contributed by atoms with Gasteiger partial charge in [-0.15, -0.1) is 0 Å². The van der Waals surface area contributed by atoms with Gasteiger partial charge in [0.2, 0.25) is 15.0 Å². The largest absolute Gasteiger partial charge is 0.416 e. The molecule has 2 aromatic carbocycles. The zero-order chi connectivity index (χ0) is 29.1. The van der Waals surface area contributed by atoms with Crippen LogP contribution in [0.15, 0.2) is 59.9 Å². The Labute approximate surface area is 232 Å². The average Bonchev–Trinajstić information content (AvgIpc) is 3.54. The molecule has 0 saturated carbocycles. The maximum absolute atomic E-state index is 13.6. The Kier molecular flexibility index (Phi) is 9.04. The van der Waals surface area contributed by atoms with E-state index in [1.165, 1.54) is 11.1 Å². The maximum atomic E-state index is 13.6. The zero-order valence-electron chi connectivity index (χ0n) is 22.8. The van der Waals surface area contributed by atoms with Crippen molar-refractivity contribution in [3.05, 3.63) is 82.7 Å². The molecule has 0 N–H and O–H groups in total. The molecule has 1 aliphatic heterocycles. The number of nitrogens with zero attached hydrogens (tertiary/aromatic N) is 3. The van der Waals surface area contributed by atoms with Crippen LogP contribution in [0.5, 0.6) is 0 Å². The summed E-state index contributed by atoms with van der Waals surface area (Å²) >= 11 is 0. The van der Waals surface area contributed by atoms with E-state index < -0.39 is 27.5 Å². The third-order valence-corrected chi connectivity index (χ3v) is 8.45. The van der Waals surface area contributed by atoms with Crippen molar-refractivity contribution in [3.63, 3.8) is 0 Å². The number of sulfone groups is 1. The molecule has 7 nitrogen and oxygen atoms in total. The third-order valence-electron chi connectivity index (χ3n) is 6.88. The standard InChI is InChI=1S/C29H34F3N3O4S/c1-20(2)16-35-25(15-33-28(35)40(37,38)19-23-8-5-4-7-21(23)3)17-34(18-26-9-6-14-39-26)27(36)22-10-12-24(13-11-22)29(30,31)32/h4-5,7-8,10-13,15,20,26H,6,9,14,16-19H2,1-3H3/t26-/m1/s1. The highest BCUT2D eigenvalue weighted by molar-refractivity contribution is 7.90. The molecule has 0 radical (unpaired) electrons. The summed E-state index contributed by atoms with van der Waals surface area (Å²) in [7, 11) is -3.82. The zero-order valence-corrected chi connectivity index (χ0v) is 23.6. The topological polar surface area (TPSA) is 81.5 Å². The number of alkyl halides is 3. The van der Waals surface area contributed by atoms with Gasteiger partial charge in [-0.1, -0.05) is 38.1 Å². The number of carbonyl (C=O) groups is 1. The van der Waals surface area contributed by atoms with Gasteiger partial charge >= 0.3 is 6.18 Å². The van der Waals surface area contributed by atoms with Crippen molar-refractivity contribution in [1.82, 2.24) is 14.5 Å². The molecule has 4 rings (SSSR count). The second kappa shape index (κ2) is 12.1. The minimum Gasteiger partial charge on any atom is -0.376 e. The van der Waals surface area contributed by atoms with Crippen molar-refractivity contribution in [1.29, 1.82) is 0 Å². The highest BCUT2D eigenvalue weighted by Crippen LogP contribution is 2.30. The predicted octanol–water partition coefficient (Wildman–Crippen LogP) is 5.66. The predicted molar refractivity (Wildman–Crippen MR) is 144 cm³/mol. The molecule has 0 bridgehead atoms. The van der Waals surface area contributed by atoms with Gasteiger partial charge in [-0.2, -0.15) is 13.2 Å². The Morgan fingerprint density at radius 2 is 1.85 bits per heavy atom. The maximum Gasteiger partial charge on any atom is 0.416 e. The minimum absolute atomic E-state index is 0.0271. The summed E-state index contributed by atoms with van der Waals surface area (Å²) in [6.07, 6.45) is -1.67. The highest BCUT2D eigenvalue weighted by Gasteiger charge is 2.32. The van der Waals surface area contributed by atoms with Crippen molar-refractivity contribution in [3.8, 4) is 0 Å². The minimum atomic E-state index is -4.51. The monoisotopic (exact) mass is 577 g/mol. The molecule has 0 aliphatic carbocycles. The van der Waals surface area contributed by atoms with Crippen LogP contribution in [0.3, 0.4) is 0 Å². The van der Waals surface area contributed by atoms with Gasteiger partial charge in [0.05, 0.1) is 35.9 Å². The molecule has 40 heavy (non-hydrogen) atoms. The first kappa shape index (κ1) is 29.8. The molecule has 1 aromatic heterocycles. The van der Waals surface area contributed by atoms with Crippen LogP contribution in [0.4, 0.5) is 13.2 Å².